The van der Waals surface area contributed by atoms with Crippen LogP contribution in [0.5, 0.6) is 0 Å². The molecule has 0 saturated heterocycles. The predicted octanol–water partition coefficient (Wildman–Crippen LogP) is 1.46. The van der Waals surface area contributed by atoms with E-state index in [0.717, 1.165) is 6.54 Å². The second-order valence-corrected chi connectivity index (χ2v) is 5.68. The first-order valence-electron chi connectivity index (χ1n) is 7.48. The highest BCUT2D eigenvalue weighted by Crippen LogP contribution is 2.26. The van der Waals surface area contributed by atoms with Crippen molar-refractivity contribution in [3.05, 3.63) is 35.9 Å². The standard InChI is InChI=1S/C16H25N3O/c17-10-14(13-6-2-1-3-7-13)11-19(12-16(18)20)15-8-4-5-9-15/h1-3,6-7,14-15H,4-5,8-12,17H2,(H2,18,20). The lowest BCUT2D eigenvalue weighted by molar-refractivity contribution is -0.119. The van der Waals surface area contributed by atoms with E-state index in [1.165, 1.54) is 31.2 Å². The molecule has 4 nitrogen and oxygen atoms in total. The summed E-state index contributed by atoms with van der Waals surface area (Å²) in [5.74, 6) is 0.0110. The van der Waals surface area contributed by atoms with Crippen molar-refractivity contribution < 1.29 is 4.79 Å². The largest absolute Gasteiger partial charge is 0.369 e. The first-order valence-corrected chi connectivity index (χ1v) is 7.48. The van der Waals surface area contributed by atoms with Crippen molar-refractivity contribution in [1.29, 1.82) is 0 Å². The summed E-state index contributed by atoms with van der Waals surface area (Å²) >= 11 is 0. The highest BCUT2D eigenvalue weighted by Gasteiger charge is 2.26. The third-order valence-electron chi connectivity index (χ3n) is 4.21. The van der Waals surface area contributed by atoms with Crippen LogP contribution in [-0.2, 0) is 4.79 Å². The molecule has 4 heteroatoms. The number of benzene rings is 1. The number of hydrogen-bond donors (Lipinski definition) is 2. The fourth-order valence-electron chi connectivity index (χ4n) is 3.14. The summed E-state index contributed by atoms with van der Waals surface area (Å²) in [5, 5.41) is 0. The highest BCUT2D eigenvalue weighted by atomic mass is 16.1. The van der Waals surface area contributed by atoms with Gasteiger partial charge in [-0.15, -0.1) is 0 Å². The maximum atomic E-state index is 11.3. The zero-order valence-electron chi connectivity index (χ0n) is 12.0. The predicted molar refractivity (Wildman–Crippen MR) is 81.3 cm³/mol. The Labute approximate surface area is 121 Å². The molecule has 1 saturated carbocycles. The molecule has 1 aliphatic rings. The molecule has 0 radical (unpaired) electrons. The summed E-state index contributed by atoms with van der Waals surface area (Å²) in [6, 6.07) is 10.8. The molecular formula is C16H25N3O. The van der Waals surface area contributed by atoms with E-state index in [1.54, 1.807) is 0 Å². The van der Waals surface area contributed by atoms with Crippen molar-refractivity contribution in [3.8, 4) is 0 Å². The Morgan fingerprint density at radius 3 is 2.45 bits per heavy atom. The van der Waals surface area contributed by atoms with Gasteiger partial charge < -0.3 is 11.5 Å². The Kier molecular flexibility index (Phi) is 5.56. The zero-order valence-corrected chi connectivity index (χ0v) is 12.0. The molecule has 0 bridgehead atoms. The number of primary amides is 1. The van der Waals surface area contributed by atoms with Crippen LogP contribution in [-0.4, -0.2) is 36.5 Å². The molecule has 1 unspecified atom stereocenters. The molecule has 110 valence electrons. The molecule has 20 heavy (non-hydrogen) atoms. The summed E-state index contributed by atoms with van der Waals surface area (Å²) in [5.41, 5.74) is 12.6. The van der Waals surface area contributed by atoms with Crippen LogP contribution in [0, 0.1) is 0 Å². The Bertz CT molecular complexity index is 415. The van der Waals surface area contributed by atoms with E-state index in [-0.39, 0.29) is 11.8 Å². The van der Waals surface area contributed by atoms with E-state index in [0.29, 0.717) is 19.1 Å². The summed E-state index contributed by atoms with van der Waals surface area (Å²) in [6.45, 7) is 1.74. The average molecular weight is 275 g/mol. The van der Waals surface area contributed by atoms with E-state index in [4.69, 9.17) is 11.5 Å². The van der Waals surface area contributed by atoms with Crippen molar-refractivity contribution in [1.82, 2.24) is 4.90 Å². The molecule has 1 aromatic rings. The van der Waals surface area contributed by atoms with E-state index in [1.807, 2.05) is 18.2 Å². The SMILES string of the molecule is NCC(CN(CC(N)=O)C1CCCC1)c1ccccc1. The van der Waals surface area contributed by atoms with Gasteiger partial charge in [0, 0.05) is 25.0 Å². The second-order valence-electron chi connectivity index (χ2n) is 5.68. The molecule has 1 atom stereocenters. The molecule has 1 amide bonds. The quantitative estimate of drug-likeness (QED) is 0.791. The summed E-state index contributed by atoms with van der Waals surface area (Å²) in [7, 11) is 0. The van der Waals surface area contributed by atoms with E-state index < -0.39 is 0 Å². The molecule has 0 aromatic heterocycles. The average Bonchev–Trinajstić information content (AvgIpc) is 2.98. The first-order chi connectivity index (χ1) is 9.70. The number of amides is 1. The van der Waals surface area contributed by atoms with Crippen LogP contribution in [0.4, 0.5) is 0 Å². The van der Waals surface area contributed by atoms with Gasteiger partial charge in [0.05, 0.1) is 6.54 Å². The Balaban J connectivity index is 2.06. The maximum Gasteiger partial charge on any atom is 0.231 e. The molecule has 0 heterocycles. The van der Waals surface area contributed by atoms with E-state index in [9.17, 15) is 4.79 Å². The minimum Gasteiger partial charge on any atom is -0.369 e. The van der Waals surface area contributed by atoms with Crippen molar-refractivity contribution in [3.63, 3.8) is 0 Å². The smallest absolute Gasteiger partial charge is 0.231 e. The maximum absolute atomic E-state index is 11.3. The van der Waals surface area contributed by atoms with Gasteiger partial charge in [-0.1, -0.05) is 43.2 Å². The lowest BCUT2D eigenvalue weighted by Crippen LogP contribution is -2.43. The molecule has 4 N–H and O–H groups in total. The minimum absolute atomic E-state index is 0.249. The molecular weight excluding hydrogens is 250 g/mol. The number of nitrogens with zero attached hydrogens (tertiary/aromatic N) is 1. The summed E-state index contributed by atoms with van der Waals surface area (Å²) in [4.78, 5) is 13.6. The first kappa shape index (κ1) is 15.0. The van der Waals surface area contributed by atoms with Gasteiger partial charge in [-0.25, -0.2) is 0 Å². The number of carbonyl (C=O) groups is 1. The molecule has 1 aromatic carbocycles. The van der Waals surface area contributed by atoms with Gasteiger partial charge in [0.1, 0.15) is 0 Å². The lowest BCUT2D eigenvalue weighted by Gasteiger charge is -2.31. The second kappa shape index (κ2) is 7.41. The zero-order chi connectivity index (χ0) is 14.4. The van der Waals surface area contributed by atoms with Gasteiger partial charge in [-0.2, -0.15) is 0 Å². The van der Waals surface area contributed by atoms with Gasteiger partial charge in [0.25, 0.3) is 0 Å². The molecule has 1 aliphatic carbocycles. The van der Waals surface area contributed by atoms with Crippen molar-refractivity contribution in [2.45, 2.75) is 37.6 Å². The van der Waals surface area contributed by atoms with Crippen LogP contribution in [0.1, 0.15) is 37.2 Å². The summed E-state index contributed by atoms with van der Waals surface area (Å²) < 4.78 is 0. The normalized spacial score (nSPS) is 17.5. The minimum atomic E-state index is -0.249. The highest BCUT2D eigenvalue weighted by molar-refractivity contribution is 5.76. The third-order valence-corrected chi connectivity index (χ3v) is 4.21. The fraction of sp³-hybridized carbons (Fsp3) is 0.562. The number of hydrogen-bond acceptors (Lipinski definition) is 3. The number of rotatable bonds is 7. The van der Waals surface area contributed by atoms with Crippen LogP contribution in [0.25, 0.3) is 0 Å². The van der Waals surface area contributed by atoms with Crippen molar-refractivity contribution in [2.75, 3.05) is 19.6 Å². The molecule has 1 fully saturated rings. The number of nitrogens with two attached hydrogens (primary N) is 2. The monoisotopic (exact) mass is 275 g/mol. The van der Waals surface area contributed by atoms with Crippen molar-refractivity contribution in [2.24, 2.45) is 11.5 Å². The van der Waals surface area contributed by atoms with Crippen LogP contribution in [0.3, 0.4) is 0 Å². The van der Waals surface area contributed by atoms with Crippen LogP contribution in [0.2, 0.25) is 0 Å². The topological polar surface area (TPSA) is 72.3 Å². The lowest BCUT2D eigenvalue weighted by atomic mass is 9.97. The van der Waals surface area contributed by atoms with Gasteiger partial charge in [0.2, 0.25) is 5.91 Å². The van der Waals surface area contributed by atoms with Crippen LogP contribution in [0.15, 0.2) is 30.3 Å². The third kappa shape index (κ3) is 4.05. The van der Waals surface area contributed by atoms with Gasteiger partial charge in [-0.05, 0) is 18.4 Å². The molecule has 0 spiro atoms. The van der Waals surface area contributed by atoms with Crippen molar-refractivity contribution >= 4 is 5.91 Å². The van der Waals surface area contributed by atoms with Gasteiger partial charge >= 0.3 is 0 Å². The molecule has 0 aliphatic heterocycles. The Morgan fingerprint density at radius 2 is 1.90 bits per heavy atom. The van der Waals surface area contributed by atoms with E-state index >= 15 is 0 Å². The Hall–Kier alpha value is -1.39. The Morgan fingerprint density at radius 1 is 1.25 bits per heavy atom. The molecule has 2 rings (SSSR count). The van der Waals surface area contributed by atoms with Gasteiger partial charge in [-0.3, -0.25) is 9.69 Å². The van der Waals surface area contributed by atoms with Crippen LogP contribution >= 0.6 is 0 Å². The van der Waals surface area contributed by atoms with E-state index in [2.05, 4.69) is 17.0 Å². The number of carbonyl (C=O) groups excluding carboxylic acids is 1. The fourth-order valence-corrected chi connectivity index (χ4v) is 3.14. The van der Waals surface area contributed by atoms with Crippen LogP contribution < -0.4 is 11.5 Å². The summed E-state index contributed by atoms with van der Waals surface area (Å²) in [6.07, 6.45) is 4.83. The van der Waals surface area contributed by atoms with Gasteiger partial charge in [0.15, 0.2) is 0 Å².